The maximum absolute atomic E-state index is 12.2. The van der Waals surface area contributed by atoms with Crippen molar-refractivity contribution in [2.24, 2.45) is 0 Å². The largest absolute Gasteiger partial charge is 0.504 e. The van der Waals surface area contributed by atoms with Gasteiger partial charge in [-0.2, -0.15) is 0 Å². The molecule has 0 atom stereocenters. The predicted molar refractivity (Wildman–Crippen MR) is 190 cm³/mol. The first-order valence-corrected chi connectivity index (χ1v) is 18.1. The Hall–Kier alpha value is -4.35. The molecule has 0 aliphatic heterocycles. The van der Waals surface area contributed by atoms with Crippen LogP contribution >= 0.6 is 46.2 Å². The topological polar surface area (TPSA) is 73.1 Å². The summed E-state index contributed by atoms with van der Waals surface area (Å²) < 4.78 is 10.9. The maximum Gasteiger partial charge on any atom is 0.171 e. The highest BCUT2D eigenvalue weighted by Crippen LogP contribution is 2.50. The van der Waals surface area contributed by atoms with E-state index in [9.17, 15) is 5.11 Å². The van der Waals surface area contributed by atoms with Crippen molar-refractivity contribution in [3.05, 3.63) is 103 Å². The smallest absolute Gasteiger partial charge is 0.171 e. The van der Waals surface area contributed by atoms with Gasteiger partial charge in [0.05, 0.1) is 48.3 Å². The number of phenolic OH excluding ortho intramolecular Hbond substituents is 1. The number of aromatic hydroxyl groups is 1. The summed E-state index contributed by atoms with van der Waals surface area (Å²) in [5.41, 5.74) is 5.91. The molecule has 0 spiro atoms. The zero-order chi connectivity index (χ0) is 30.5. The van der Waals surface area contributed by atoms with Crippen LogP contribution in [0.15, 0.2) is 113 Å². The second-order valence-electron chi connectivity index (χ2n) is 10.2. The van der Waals surface area contributed by atoms with Gasteiger partial charge in [0.1, 0.15) is 22.1 Å². The van der Waals surface area contributed by atoms with Gasteiger partial charge in [-0.05, 0) is 67.1 Å². The van der Waals surface area contributed by atoms with Crippen LogP contribution in [0.25, 0.3) is 58.3 Å². The minimum atomic E-state index is 0.0174. The first-order valence-electron chi connectivity index (χ1n) is 14.1. The third-order valence-corrected chi connectivity index (χ3v) is 11.2. The van der Waals surface area contributed by atoms with Crippen LogP contribution in [-0.4, -0.2) is 37.1 Å². The molecular weight excluding hydrogens is 637 g/mol. The van der Waals surface area contributed by atoms with E-state index in [-0.39, 0.29) is 5.75 Å². The van der Waals surface area contributed by atoms with Gasteiger partial charge in [-0.3, -0.25) is 4.57 Å². The molecule has 0 aliphatic rings. The molecule has 8 aromatic rings. The van der Waals surface area contributed by atoms with Crippen molar-refractivity contribution >= 4 is 77.7 Å². The number of nitrogens with zero attached hydrogens (tertiary/aromatic N) is 4. The predicted octanol–water partition coefficient (Wildman–Crippen LogP) is 10.5. The Bertz CT molecular complexity index is 2310. The molecule has 0 bridgehead atoms. The Morgan fingerprint density at radius 3 is 2.09 bits per heavy atom. The molecule has 5 aromatic carbocycles. The SMILES string of the molecule is CSc1ccc(Oc2cc(SC)c(-n3cnc4ccccc43)c(-c3nc4ccccc4s3)c2O)c(-c2nc3ccccc3s2)c1. The monoisotopic (exact) mass is 660 g/mol. The zero-order valence-electron chi connectivity index (χ0n) is 24.1. The lowest BCUT2D eigenvalue weighted by Gasteiger charge is -2.19. The minimum Gasteiger partial charge on any atom is -0.504 e. The number of aromatic nitrogens is 4. The summed E-state index contributed by atoms with van der Waals surface area (Å²) in [6, 6.07) is 32.1. The van der Waals surface area contributed by atoms with E-state index in [0.717, 1.165) is 57.5 Å². The summed E-state index contributed by atoms with van der Waals surface area (Å²) in [6.45, 7) is 0. The van der Waals surface area contributed by atoms with Crippen molar-refractivity contribution in [3.63, 3.8) is 0 Å². The standard InChI is InChI=1S/C35H24N4O2S4/c1-42-20-15-16-26(21(17-20)34-37-23-10-4-7-13-28(23)44-34)41-27-18-30(43-2)32(39-19-36-22-9-3-6-12-25(22)39)31(33(27)40)35-38-24-11-5-8-14-29(24)45-35/h3-19,40H,1-2H3. The molecule has 10 heteroatoms. The van der Waals surface area contributed by atoms with E-state index >= 15 is 0 Å². The van der Waals surface area contributed by atoms with E-state index in [2.05, 4.69) is 23.4 Å². The molecule has 3 aromatic heterocycles. The summed E-state index contributed by atoms with van der Waals surface area (Å²) in [4.78, 5) is 16.6. The Morgan fingerprint density at radius 2 is 1.38 bits per heavy atom. The lowest BCUT2D eigenvalue weighted by molar-refractivity contribution is 0.412. The van der Waals surface area contributed by atoms with Crippen LogP contribution in [0, 0.1) is 0 Å². The van der Waals surface area contributed by atoms with Gasteiger partial charge in [-0.25, -0.2) is 15.0 Å². The van der Waals surface area contributed by atoms with Crippen LogP contribution in [0.5, 0.6) is 17.2 Å². The van der Waals surface area contributed by atoms with Gasteiger partial charge in [0, 0.05) is 15.9 Å². The molecule has 1 N–H and O–H groups in total. The fourth-order valence-electron chi connectivity index (χ4n) is 5.40. The third kappa shape index (κ3) is 4.94. The molecule has 0 amide bonds. The van der Waals surface area contributed by atoms with Gasteiger partial charge in [0.15, 0.2) is 11.5 Å². The van der Waals surface area contributed by atoms with Gasteiger partial charge in [-0.15, -0.1) is 46.2 Å². The Labute approximate surface area is 275 Å². The lowest BCUT2D eigenvalue weighted by atomic mass is 10.1. The number of imidazole rings is 1. The summed E-state index contributed by atoms with van der Waals surface area (Å²) in [5.74, 6) is 0.982. The highest BCUT2D eigenvalue weighted by atomic mass is 32.2. The number of hydrogen-bond donors (Lipinski definition) is 1. The number of thiazole rings is 2. The van der Waals surface area contributed by atoms with Crippen LogP contribution in [0.4, 0.5) is 0 Å². The average molecular weight is 661 g/mol. The minimum absolute atomic E-state index is 0.0174. The van der Waals surface area contributed by atoms with Gasteiger partial charge in [-0.1, -0.05) is 36.4 Å². The van der Waals surface area contributed by atoms with Crippen molar-refractivity contribution in [1.29, 1.82) is 0 Å². The normalized spacial score (nSPS) is 11.6. The number of para-hydroxylation sites is 4. The van der Waals surface area contributed by atoms with Crippen molar-refractivity contribution < 1.29 is 9.84 Å². The molecule has 0 saturated heterocycles. The number of thioether (sulfide) groups is 2. The molecule has 3 heterocycles. The first-order chi connectivity index (χ1) is 22.1. The third-order valence-electron chi connectivity index (χ3n) is 7.56. The summed E-state index contributed by atoms with van der Waals surface area (Å²) in [7, 11) is 0. The molecule has 0 fully saturated rings. The Balaban J connectivity index is 1.35. The van der Waals surface area contributed by atoms with Crippen LogP contribution in [0.2, 0.25) is 0 Å². The Kier molecular flexibility index (Phi) is 7.22. The summed E-state index contributed by atoms with van der Waals surface area (Å²) in [6.07, 6.45) is 5.89. The molecule has 45 heavy (non-hydrogen) atoms. The fraction of sp³-hybridized carbons (Fsp3) is 0.0571. The molecular formula is C35H24N4O2S4. The van der Waals surface area contributed by atoms with E-state index in [1.54, 1.807) is 46.2 Å². The van der Waals surface area contributed by atoms with E-state index in [0.29, 0.717) is 22.1 Å². The van der Waals surface area contributed by atoms with Gasteiger partial charge in [0.2, 0.25) is 0 Å². The highest BCUT2D eigenvalue weighted by Gasteiger charge is 2.26. The number of phenols is 1. The van der Waals surface area contributed by atoms with Crippen molar-refractivity contribution in [1.82, 2.24) is 19.5 Å². The van der Waals surface area contributed by atoms with Gasteiger partial charge >= 0.3 is 0 Å². The van der Waals surface area contributed by atoms with E-state index in [1.807, 2.05) is 102 Å². The molecule has 0 unspecified atom stereocenters. The van der Waals surface area contributed by atoms with E-state index in [1.165, 1.54) is 0 Å². The lowest BCUT2D eigenvalue weighted by Crippen LogP contribution is -2.01. The number of ether oxygens (including phenoxy) is 1. The first kappa shape index (κ1) is 28.1. The van der Waals surface area contributed by atoms with E-state index < -0.39 is 0 Å². The summed E-state index contributed by atoms with van der Waals surface area (Å²) in [5, 5.41) is 13.7. The second-order valence-corrected chi connectivity index (χ2v) is 14.0. The van der Waals surface area contributed by atoms with E-state index in [4.69, 9.17) is 14.7 Å². The highest BCUT2D eigenvalue weighted by molar-refractivity contribution is 7.99. The Morgan fingerprint density at radius 1 is 0.711 bits per heavy atom. The van der Waals surface area contributed by atoms with Crippen LogP contribution in [0.3, 0.4) is 0 Å². The summed E-state index contributed by atoms with van der Waals surface area (Å²) >= 11 is 6.42. The number of fused-ring (bicyclic) bond motifs is 3. The molecule has 6 nitrogen and oxygen atoms in total. The van der Waals surface area contributed by atoms with Crippen molar-refractivity contribution in [2.45, 2.75) is 9.79 Å². The quantitative estimate of drug-likeness (QED) is 0.171. The van der Waals surface area contributed by atoms with Crippen molar-refractivity contribution in [2.75, 3.05) is 12.5 Å². The molecule has 0 radical (unpaired) electrons. The molecule has 0 aliphatic carbocycles. The number of rotatable bonds is 7. The second kappa shape index (κ2) is 11.5. The van der Waals surface area contributed by atoms with Crippen LogP contribution < -0.4 is 4.74 Å². The van der Waals surface area contributed by atoms with Gasteiger partial charge in [0.25, 0.3) is 0 Å². The molecule has 8 rings (SSSR count). The molecule has 220 valence electrons. The number of benzene rings is 5. The van der Waals surface area contributed by atoms with Crippen LogP contribution in [0.1, 0.15) is 0 Å². The van der Waals surface area contributed by atoms with Gasteiger partial charge < -0.3 is 9.84 Å². The average Bonchev–Trinajstić information content (AvgIpc) is 3.82. The number of hydrogen-bond acceptors (Lipinski definition) is 9. The van der Waals surface area contributed by atoms with Crippen molar-refractivity contribution in [3.8, 4) is 44.1 Å². The fourth-order valence-corrected chi connectivity index (χ4v) is 8.46. The zero-order valence-corrected chi connectivity index (χ0v) is 27.4. The van der Waals surface area contributed by atoms with Crippen LogP contribution in [-0.2, 0) is 0 Å². The molecule has 0 saturated carbocycles. The maximum atomic E-state index is 12.2.